The second kappa shape index (κ2) is 5.55. The fraction of sp³-hybridized carbons (Fsp3) is 0.125. The van der Waals surface area contributed by atoms with Crippen molar-refractivity contribution >= 4 is 11.6 Å². The number of nitriles is 1. The van der Waals surface area contributed by atoms with Gasteiger partial charge in [0.05, 0.1) is 17.3 Å². The zero-order valence-corrected chi connectivity index (χ0v) is 11.1. The summed E-state index contributed by atoms with van der Waals surface area (Å²) in [6, 6.07) is 14.6. The van der Waals surface area contributed by atoms with Crippen LogP contribution < -0.4 is 14.8 Å². The molecule has 0 spiro atoms. The summed E-state index contributed by atoms with van der Waals surface area (Å²) in [5, 5.41) is 11.8. The van der Waals surface area contributed by atoms with Crippen LogP contribution in [0.2, 0.25) is 0 Å². The lowest BCUT2D eigenvalue weighted by molar-refractivity contribution is -0.118. The number of carbonyl (C=O) groups is 1. The van der Waals surface area contributed by atoms with Gasteiger partial charge in [0, 0.05) is 11.6 Å². The molecule has 1 aliphatic rings. The first-order chi connectivity index (χ1) is 10.3. The highest BCUT2D eigenvalue weighted by Gasteiger charge is 2.16. The van der Waals surface area contributed by atoms with Crippen LogP contribution in [0.5, 0.6) is 11.5 Å². The van der Waals surface area contributed by atoms with Crippen molar-refractivity contribution in [3.8, 4) is 17.6 Å². The molecular formula is C16H12N2O3. The van der Waals surface area contributed by atoms with E-state index in [1.54, 1.807) is 24.3 Å². The molecular weight excluding hydrogens is 268 g/mol. The van der Waals surface area contributed by atoms with Gasteiger partial charge in [-0.3, -0.25) is 4.79 Å². The van der Waals surface area contributed by atoms with E-state index >= 15 is 0 Å². The van der Waals surface area contributed by atoms with Crippen LogP contribution in [0, 0.1) is 11.3 Å². The van der Waals surface area contributed by atoms with E-state index in [0.717, 1.165) is 5.56 Å². The number of benzene rings is 2. The van der Waals surface area contributed by atoms with Gasteiger partial charge in [0.25, 0.3) is 5.91 Å². The smallest absolute Gasteiger partial charge is 0.262 e. The van der Waals surface area contributed by atoms with Crippen molar-refractivity contribution in [3.63, 3.8) is 0 Å². The maximum absolute atomic E-state index is 11.3. The van der Waals surface area contributed by atoms with Crippen LogP contribution in [0.4, 0.5) is 5.69 Å². The molecule has 1 heterocycles. The molecule has 0 fully saturated rings. The molecule has 104 valence electrons. The Kier molecular flexibility index (Phi) is 3.44. The predicted molar refractivity (Wildman–Crippen MR) is 76.1 cm³/mol. The number of carbonyl (C=O) groups excluding carboxylic acids is 1. The molecule has 5 nitrogen and oxygen atoms in total. The normalized spacial score (nSPS) is 12.6. The van der Waals surface area contributed by atoms with Gasteiger partial charge < -0.3 is 14.8 Å². The monoisotopic (exact) mass is 280 g/mol. The van der Waals surface area contributed by atoms with Gasteiger partial charge in [-0.05, 0) is 18.2 Å². The van der Waals surface area contributed by atoms with Gasteiger partial charge in [-0.25, -0.2) is 0 Å². The second-order valence-electron chi connectivity index (χ2n) is 4.55. The van der Waals surface area contributed by atoms with E-state index in [1.165, 1.54) is 0 Å². The summed E-state index contributed by atoms with van der Waals surface area (Å²) in [6.07, 6.45) is 0. The fourth-order valence-corrected chi connectivity index (χ4v) is 2.07. The first-order valence-electron chi connectivity index (χ1n) is 6.44. The SMILES string of the molecule is N#Cc1ccccc1COc1ccc2c(c1)NC(=O)CO2. The quantitative estimate of drug-likeness (QED) is 0.937. The average Bonchev–Trinajstić information content (AvgIpc) is 2.52. The molecule has 0 unspecified atom stereocenters. The Morgan fingerprint density at radius 2 is 2.14 bits per heavy atom. The molecule has 21 heavy (non-hydrogen) atoms. The number of ether oxygens (including phenoxy) is 2. The second-order valence-corrected chi connectivity index (χ2v) is 4.55. The number of anilines is 1. The number of nitrogens with zero attached hydrogens (tertiary/aromatic N) is 1. The van der Waals surface area contributed by atoms with Gasteiger partial charge in [0.2, 0.25) is 0 Å². The molecule has 1 amide bonds. The Morgan fingerprint density at radius 1 is 1.29 bits per heavy atom. The van der Waals surface area contributed by atoms with Crippen LogP contribution in [-0.4, -0.2) is 12.5 Å². The van der Waals surface area contributed by atoms with E-state index < -0.39 is 0 Å². The topological polar surface area (TPSA) is 71.3 Å². The lowest BCUT2D eigenvalue weighted by atomic mass is 10.1. The van der Waals surface area contributed by atoms with Crippen molar-refractivity contribution in [2.45, 2.75) is 6.61 Å². The van der Waals surface area contributed by atoms with Gasteiger partial charge in [-0.15, -0.1) is 0 Å². The standard InChI is InChI=1S/C16H12N2O3/c17-8-11-3-1-2-4-12(11)9-20-13-5-6-15-14(7-13)18-16(19)10-21-15/h1-7H,9-10H2,(H,18,19). The van der Waals surface area contributed by atoms with Gasteiger partial charge in [0.15, 0.2) is 6.61 Å². The zero-order valence-electron chi connectivity index (χ0n) is 11.1. The summed E-state index contributed by atoms with van der Waals surface area (Å²) in [4.78, 5) is 11.3. The van der Waals surface area contributed by atoms with E-state index in [4.69, 9.17) is 14.7 Å². The van der Waals surface area contributed by atoms with Crippen LogP contribution in [0.25, 0.3) is 0 Å². The summed E-state index contributed by atoms with van der Waals surface area (Å²) < 4.78 is 11.0. The molecule has 0 aromatic heterocycles. The average molecular weight is 280 g/mol. The van der Waals surface area contributed by atoms with Gasteiger partial charge >= 0.3 is 0 Å². The number of amides is 1. The molecule has 0 saturated carbocycles. The van der Waals surface area contributed by atoms with Gasteiger partial charge in [-0.2, -0.15) is 5.26 Å². The molecule has 3 rings (SSSR count). The minimum atomic E-state index is -0.186. The molecule has 0 radical (unpaired) electrons. The van der Waals surface area contributed by atoms with Crippen LogP contribution in [0.15, 0.2) is 42.5 Å². The van der Waals surface area contributed by atoms with Crippen LogP contribution in [0.1, 0.15) is 11.1 Å². The summed E-state index contributed by atoms with van der Waals surface area (Å²) >= 11 is 0. The first kappa shape index (κ1) is 13.0. The minimum Gasteiger partial charge on any atom is -0.489 e. The highest BCUT2D eigenvalue weighted by atomic mass is 16.5. The number of fused-ring (bicyclic) bond motifs is 1. The van der Waals surface area contributed by atoms with Gasteiger partial charge in [-0.1, -0.05) is 18.2 Å². The Bertz CT molecular complexity index is 735. The van der Waals surface area contributed by atoms with Crippen molar-refractivity contribution < 1.29 is 14.3 Å². The van der Waals surface area contributed by atoms with Crippen LogP contribution in [-0.2, 0) is 11.4 Å². The van der Waals surface area contributed by atoms with E-state index in [9.17, 15) is 4.79 Å². The Morgan fingerprint density at radius 3 is 3.00 bits per heavy atom. The molecule has 0 aliphatic carbocycles. The highest BCUT2D eigenvalue weighted by molar-refractivity contribution is 5.95. The molecule has 1 N–H and O–H groups in total. The first-order valence-corrected chi connectivity index (χ1v) is 6.44. The lowest BCUT2D eigenvalue weighted by Crippen LogP contribution is -2.25. The van der Waals surface area contributed by atoms with Crippen molar-refractivity contribution in [2.75, 3.05) is 11.9 Å². The molecule has 1 aliphatic heterocycles. The molecule has 5 heteroatoms. The fourth-order valence-electron chi connectivity index (χ4n) is 2.07. The van der Waals surface area contributed by atoms with Crippen molar-refractivity contribution in [2.24, 2.45) is 0 Å². The highest BCUT2D eigenvalue weighted by Crippen LogP contribution is 2.31. The van der Waals surface area contributed by atoms with E-state index in [-0.39, 0.29) is 19.1 Å². The maximum atomic E-state index is 11.3. The molecule has 2 aromatic rings. The molecule has 0 saturated heterocycles. The van der Waals surface area contributed by atoms with Crippen molar-refractivity contribution in [1.82, 2.24) is 0 Å². The third kappa shape index (κ3) is 2.79. The predicted octanol–water partition coefficient (Wildman–Crippen LogP) is 2.47. The van der Waals surface area contributed by atoms with E-state index in [2.05, 4.69) is 11.4 Å². The summed E-state index contributed by atoms with van der Waals surface area (Å²) in [5.74, 6) is 1.04. The van der Waals surface area contributed by atoms with Crippen molar-refractivity contribution in [1.29, 1.82) is 5.26 Å². The summed E-state index contributed by atoms with van der Waals surface area (Å²) in [5.41, 5.74) is 2.00. The van der Waals surface area contributed by atoms with Crippen LogP contribution in [0.3, 0.4) is 0 Å². The summed E-state index contributed by atoms with van der Waals surface area (Å²) in [7, 11) is 0. The minimum absolute atomic E-state index is 0.0305. The van der Waals surface area contributed by atoms with E-state index in [0.29, 0.717) is 22.7 Å². The third-order valence-corrected chi connectivity index (χ3v) is 3.12. The van der Waals surface area contributed by atoms with Crippen LogP contribution >= 0.6 is 0 Å². The Hall–Kier alpha value is -3.00. The van der Waals surface area contributed by atoms with Crippen molar-refractivity contribution in [3.05, 3.63) is 53.6 Å². The Labute approximate surface area is 121 Å². The number of hydrogen-bond acceptors (Lipinski definition) is 4. The number of hydrogen-bond donors (Lipinski definition) is 1. The zero-order chi connectivity index (χ0) is 14.7. The third-order valence-electron chi connectivity index (χ3n) is 3.12. The number of nitrogens with one attached hydrogen (secondary N) is 1. The molecule has 0 bridgehead atoms. The van der Waals surface area contributed by atoms with E-state index in [1.807, 2.05) is 18.2 Å². The lowest BCUT2D eigenvalue weighted by Gasteiger charge is -2.18. The number of rotatable bonds is 3. The molecule has 2 aromatic carbocycles. The Balaban J connectivity index is 1.76. The molecule has 0 atom stereocenters. The van der Waals surface area contributed by atoms with Gasteiger partial charge in [0.1, 0.15) is 18.1 Å². The summed E-state index contributed by atoms with van der Waals surface area (Å²) in [6.45, 7) is 0.320. The maximum Gasteiger partial charge on any atom is 0.262 e. The largest absolute Gasteiger partial charge is 0.489 e.